The molecule has 2 atom stereocenters. The van der Waals surface area contributed by atoms with Crippen LogP contribution in [0.1, 0.15) is 6.92 Å². The molecule has 0 saturated carbocycles. The second-order valence-electron chi connectivity index (χ2n) is 2.77. The smallest absolute Gasteiger partial charge is 0.315 e. The monoisotopic (exact) mass is 174 g/mol. The first-order valence-corrected chi connectivity index (χ1v) is 3.81. The summed E-state index contributed by atoms with van der Waals surface area (Å²) < 4.78 is 10.1. The molecule has 2 amide bonds. The average molecular weight is 174 g/mol. The molecule has 0 spiro atoms. The fraction of sp³-hybridized carbons (Fsp3) is 0.857. The van der Waals surface area contributed by atoms with E-state index in [0.717, 1.165) is 0 Å². The number of carbonyl (C=O) groups excluding carboxylic acids is 1. The van der Waals surface area contributed by atoms with Gasteiger partial charge < -0.3 is 20.1 Å². The molecule has 2 unspecified atom stereocenters. The molecule has 1 aliphatic rings. The van der Waals surface area contributed by atoms with Gasteiger partial charge in [-0.2, -0.15) is 0 Å². The zero-order valence-corrected chi connectivity index (χ0v) is 7.46. The molecule has 0 radical (unpaired) electrons. The van der Waals surface area contributed by atoms with Gasteiger partial charge in [0.05, 0.1) is 6.04 Å². The highest BCUT2D eigenvalue weighted by molar-refractivity contribution is 5.77. The minimum Gasteiger partial charge on any atom is -0.354 e. The summed E-state index contributed by atoms with van der Waals surface area (Å²) in [4.78, 5) is 10.9. The van der Waals surface area contributed by atoms with E-state index in [1.54, 1.807) is 14.2 Å². The first-order valence-electron chi connectivity index (χ1n) is 3.81. The molecular formula is C7H14N2O3. The van der Waals surface area contributed by atoms with Gasteiger partial charge >= 0.3 is 6.03 Å². The van der Waals surface area contributed by atoms with Crippen LogP contribution in [0.4, 0.5) is 4.79 Å². The Bertz CT molecular complexity index is 170. The van der Waals surface area contributed by atoms with Crippen molar-refractivity contribution in [2.24, 2.45) is 0 Å². The normalized spacial score (nSPS) is 28.8. The summed E-state index contributed by atoms with van der Waals surface area (Å²) in [5.41, 5.74) is 0. The quantitative estimate of drug-likeness (QED) is 0.576. The minimum atomic E-state index is -0.390. The Morgan fingerprint density at radius 1 is 1.33 bits per heavy atom. The van der Waals surface area contributed by atoms with Gasteiger partial charge in [0.15, 0.2) is 6.29 Å². The summed E-state index contributed by atoms with van der Waals surface area (Å²) in [6.45, 7) is 1.90. The molecule has 0 aliphatic carbocycles. The summed E-state index contributed by atoms with van der Waals surface area (Å²) in [7, 11) is 3.09. The Hall–Kier alpha value is -0.810. The number of urea groups is 1. The molecule has 2 N–H and O–H groups in total. The van der Waals surface area contributed by atoms with Gasteiger partial charge in [-0.3, -0.25) is 0 Å². The van der Waals surface area contributed by atoms with Crippen LogP contribution in [0.3, 0.4) is 0 Å². The van der Waals surface area contributed by atoms with Gasteiger partial charge in [0.25, 0.3) is 0 Å². The number of nitrogens with one attached hydrogen (secondary N) is 2. The number of carbonyl (C=O) groups is 1. The summed E-state index contributed by atoms with van der Waals surface area (Å²) in [6.07, 6.45) is -0.390. The third-order valence-electron chi connectivity index (χ3n) is 1.95. The zero-order chi connectivity index (χ0) is 9.14. The number of amides is 2. The molecule has 12 heavy (non-hydrogen) atoms. The molecular weight excluding hydrogens is 160 g/mol. The van der Waals surface area contributed by atoms with Gasteiger partial charge in [0, 0.05) is 14.2 Å². The predicted molar refractivity (Wildman–Crippen MR) is 42.7 cm³/mol. The maximum Gasteiger partial charge on any atom is 0.315 e. The summed E-state index contributed by atoms with van der Waals surface area (Å²) >= 11 is 0. The van der Waals surface area contributed by atoms with Crippen molar-refractivity contribution in [3.8, 4) is 0 Å². The molecule has 1 aliphatic heterocycles. The maximum absolute atomic E-state index is 10.9. The molecule has 5 nitrogen and oxygen atoms in total. The van der Waals surface area contributed by atoms with Gasteiger partial charge in [-0.25, -0.2) is 4.79 Å². The molecule has 1 fully saturated rings. The van der Waals surface area contributed by atoms with Crippen LogP contribution in [0, 0.1) is 0 Å². The molecule has 0 aromatic rings. The lowest BCUT2D eigenvalue weighted by Gasteiger charge is -2.22. The molecule has 0 bridgehead atoms. The highest BCUT2D eigenvalue weighted by Crippen LogP contribution is 2.08. The molecule has 1 rings (SSSR count). The van der Waals surface area contributed by atoms with E-state index in [-0.39, 0.29) is 24.4 Å². The highest BCUT2D eigenvalue weighted by atomic mass is 16.7. The van der Waals surface area contributed by atoms with Crippen molar-refractivity contribution in [3.05, 3.63) is 0 Å². The number of rotatable bonds is 3. The van der Waals surface area contributed by atoms with Crippen LogP contribution in [0.2, 0.25) is 0 Å². The lowest BCUT2D eigenvalue weighted by Crippen LogP contribution is -2.44. The maximum atomic E-state index is 10.9. The summed E-state index contributed by atoms with van der Waals surface area (Å²) in [6, 6.07) is -0.263. The fourth-order valence-electron chi connectivity index (χ4n) is 1.31. The highest BCUT2D eigenvalue weighted by Gasteiger charge is 2.34. The van der Waals surface area contributed by atoms with E-state index < -0.39 is 0 Å². The molecule has 1 saturated heterocycles. The van der Waals surface area contributed by atoms with Crippen molar-refractivity contribution in [2.75, 3.05) is 14.2 Å². The van der Waals surface area contributed by atoms with Crippen molar-refractivity contribution in [3.63, 3.8) is 0 Å². The van der Waals surface area contributed by atoms with Crippen LogP contribution in [0.5, 0.6) is 0 Å². The van der Waals surface area contributed by atoms with Crippen LogP contribution in [-0.4, -0.2) is 38.6 Å². The van der Waals surface area contributed by atoms with Crippen molar-refractivity contribution >= 4 is 6.03 Å². The lowest BCUT2D eigenvalue weighted by molar-refractivity contribution is -0.121. The van der Waals surface area contributed by atoms with E-state index in [4.69, 9.17) is 9.47 Å². The Balaban J connectivity index is 2.55. The van der Waals surface area contributed by atoms with Gasteiger partial charge in [0.1, 0.15) is 6.04 Å². The molecule has 0 aromatic heterocycles. The Morgan fingerprint density at radius 2 is 1.92 bits per heavy atom. The standard InChI is InChI=1S/C7H14N2O3/c1-4-5(6(11-2)12-3)9-7(10)8-4/h4-6H,1-3H3,(H2,8,9,10). The van der Waals surface area contributed by atoms with Crippen LogP contribution in [-0.2, 0) is 9.47 Å². The number of hydrogen-bond acceptors (Lipinski definition) is 3. The molecule has 70 valence electrons. The topological polar surface area (TPSA) is 59.6 Å². The van der Waals surface area contributed by atoms with Gasteiger partial charge in [-0.1, -0.05) is 0 Å². The first-order chi connectivity index (χ1) is 5.69. The van der Waals surface area contributed by atoms with E-state index >= 15 is 0 Å². The number of ether oxygens (including phenoxy) is 2. The van der Waals surface area contributed by atoms with E-state index in [9.17, 15) is 4.79 Å². The Labute approximate surface area is 71.4 Å². The SMILES string of the molecule is COC(OC)C1NC(=O)NC1C. The van der Waals surface area contributed by atoms with Crippen molar-refractivity contribution < 1.29 is 14.3 Å². The van der Waals surface area contributed by atoms with Gasteiger partial charge in [-0.05, 0) is 6.92 Å². The second-order valence-corrected chi connectivity index (χ2v) is 2.77. The Morgan fingerprint density at radius 3 is 2.25 bits per heavy atom. The minimum absolute atomic E-state index is 0.0300. The number of hydrogen-bond donors (Lipinski definition) is 2. The summed E-state index contributed by atoms with van der Waals surface area (Å²) in [5, 5.41) is 5.41. The summed E-state index contributed by atoms with van der Waals surface area (Å²) in [5.74, 6) is 0. The third-order valence-corrected chi connectivity index (χ3v) is 1.95. The van der Waals surface area contributed by atoms with Crippen LogP contribution in [0.25, 0.3) is 0 Å². The van der Waals surface area contributed by atoms with Crippen LogP contribution in [0.15, 0.2) is 0 Å². The van der Waals surface area contributed by atoms with Crippen molar-refractivity contribution in [2.45, 2.75) is 25.3 Å². The van der Waals surface area contributed by atoms with Gasteiger partial charge in [-0.15, -0.1) is 0 Å². The average Bonchev–Trinajstić information content (AvgIpc) is 2.34. The second kappa shape index (κ2) is 3.73. The van der Waals surface area contributed by atoms with Crippen LogP contribution >= 0.6 is 0 Å². The number of methoxy groups -OCH3 is 2. The van der Waals surface area contributed by atoms with E-state index in [1.165, 1.54) is 0 Å². The van der Waals surface area contributed by atoms with Crippen LogP contribution < -0.4 is 10.6 Å². The lowest BCUT2D eigenvalue weighted by atomic mass is 10.1. The molecule has 0 aromatic carbocycles. The van der Waals surface area contributed by atoms with Gasteiger partial charge in [0.2, 0.25) is 0 Å². The molecule has 1 heterocycles. The predicted octanol–water partition coefficient (Wildman–Crippen LogP) is -0.325. The van der Waals surface area contributed by atoms with Crippen molar-refractivity contribution in [1.29, 1.82) is 0 Å². The fourth-order valence-corrected chi connectivity index (χ4v) is 1.31. The van der Waals surface area contributed by atoms with E-state index in [1.807, 2.05) is 6.92 Å². The molecule has 5 heteroatoms. The van der Waals surface area contributed by atoms with E-state index in [2.05, 4.69) is 10.6 Å². The largest absolute Gasteiger partial charge is 0.354 e. The zero-order valence-electron chi connectivity index (χ0n) is 7.46. The third kappa shape index (κ3) is 1.67. The van der Waals surface area contributed by atoms with E-state index in [0.29, 0.717) is 0 Å². The first kappa shape index (κ1) is 9.28. The van der Waals surface area contributed by atoms with Crippen molar-refractivity contribution in [1.82, 2.24) is 10.6 Å². The Kier molecular flexibility index (Phi) is 2.88.